The minimum Gasteiger partial charge on any atom is -1.00 e. The molecule has 0 aliphatic rings. The fourth-order valence-electron chi connectivity index (χ4n) is 5.00. The van der Waals surface area contributed by atoms with Gasteiger partial charge in [0.1, 0.15) is 6.54 Å². The van der Waals surface area contributed by atoms with Crippen molar-refractivity contribution in [1.29, 1.82) is 0 Å². The fraction of sp³-hybridized carbons (Fsp3) is 0.138. The van der Waals surface area contributed by atoms with Crippen LogP contribution in [-0.2, 0) is 19.6 Å². The van der Waals surface area contributed by atoms with Gasteiger partial charge in [-0.3, -0.25) is 0 Å². The van der Waals surface area contributed by atoms with Crippen molar-refractivity contribution < 1.29 is 21.5 Å². The molecule has 0 bridgehead atoms. The lowest BCUT2D eigenvalue weighted by atomic mass is 10.2. The van der Waals surface area contributed by atoms with Gasteiger partial charge in [0, 0.05) is 44.8 Å². The van der Waals surface area contributed by atoms with E-state index in [-0.39, 0.29) is 17.0 Å². The van der Waals surface area contributed by atoms with Gasteiger partial charge in [-0.15, -0.1) is 0 Å². The molecule has 0 unspecified atom stereocenters. The number of rotatable bonds is 6. The molecule has 4 aromatic carbocycles. The van der Waals surface area contributed by atoms with E-state index in [9.17, 15) is 0 Å². The minimum absolute atomic E-state index is 0. The highest BCUT2D eigenvalue weighted by atomic mass is 79.9. The number of aryl methyl sites for hydroxylation is 2. The smallest absolute Gasteiger partial charge is 0.245 e. The number of para-hydroxylation sites is 4. The molecule has 5 heteroatoms. The van der Waals surface area contributed by atoms with Crippen molar-refractivity contribution in [3.05, 3.63) is 113 Å². The summed E-state index contributed by atoms with van der Waals surface area (Å²) in [6.45, 7) is 2.82. The first kappa shape index (κ1) is 22.9. The molecule has 170 valence electrons. The van der Waals surface area contributed by atoms with E-state index < -0.39 is 0 Å². The zero-order valence-corrected chi connectivity index (χ0v) is 21.9. The highest BCUT2D eigenvalue weighted by molar-refractivity contribution is 9.10. The number of imidazole rings is 1. The lowest BCUT2D eigenvalue weighted by molar-refractivity contribution is -0.663. The molecule has 0 aliphatic heterocycles. The van der Waals surface area contributed by atoms with Gasteiger partial charge in [0.2, 0.25) is 6.33 Å². The molecular formula is C29H25Br2N3. The third-order valence-electron chi connectivity index (χ3n) is 6.54. The molecule has 34 heavy (non-hydrogen) atoms. The molecule has 0 fully saturated rings. The van der Waals surface area contributed by atoms with Gasteiger partial charge in [-0.05, 0) is 30.3 Å². The van der Waals surface area contributed by atoms with Crippen molar-refractivity contribution in [2.75, 3.05) is 0 Å². The Morgan fingerprint density at radius 3 is 1.94 bits per heavy atom. The third-order valence-corrected chi connectivity index (χ3v) is 7.31. The highest BCUT2D eigenvalue weighted by Crippen LogP contribution is 2.29. The Morgan fingerprint density at radius 2 is 1.24 bits per heavy atom. The van der Waals surface area contributed by atoms with E-state index in [4.69, 9.17) is 0 Å². The Bertz CT molecular complexity index is 1540. The topological polar surface area (TPSA) is 13.7 Å². The summed E-state index contributed by atoms with van der Waals surface area (Å²) in [4.78, 5) is 0. The van der Waals surface area contributed by atoms with E-state index in [1.807, 2.05) is 0 Å². The highest BCUT2D eigenvalue weighted by Gasteiger charge is 2.17. The molecule has 0 spiro atoms. The minimum atomic E-state index is 0. The maximum Gasteiger partial charge on any atom is 0.245 e. The Labute approximate surface area is 218 Å². The number of fused-ring (bicyclic) bond motifs is 4. The first-order valence-corrected chi connectivity index (χ1v) is 12.3. The second-order valence-electron chi connectivity index (χ2n) is 8.56. The van der Waals surface area contributed by atoms with Gasteiger partial charge < -0.3 is 21.5 Å². The fourth-order valence-corrected chi connectivity index (χ4v) is 5.41. The van der Waals surface area contributed by atoms with Gasteiger partial charge in [0.05, 0.1) is 6.54 Å². The number of hydrogen-bond donors (Lipinski definition) is 0. The number of benzene rings is 4. The van der Waals surface area contributed by atoms with Gasteiger partial charge in [-0.1, -0.05) is 82.7 Å². The normalized spacial score (nSPS) is 11.3. The number of aromatic nitrogens is 3. The summed E-state index contributed by atoms with van der Waals surface area (Å²) in [5.74, 6) is 0. The van der Waals surface area contributed by atoms with E-state index >= 15 is 0 Å². The van der Waals surface area contributed by atoms with Crippen molar-refractivity contribution >= 4 is 48.8 Å². The maximum absolute atomic E-state index is 3.71. The first-order valence-electron chi connectivity index (χ1n) is 11.5. The zero-order chi connectivity index (χ0) is 22.2. The van der Waals surface area contributed by atoms with Crippen molar-refractivity contribution in [2.24, 2.45) is 0 Å². The van der Waals surface area contributed by atoms with E-state index in [2.05, 4.69) is 133 Å². The summed E-state index contributed by atoms with van der Waals surface area (Å²) in [6, 6.07) is 34.7. The summed E-state index contributed by atoms with van der Waals surface area (Å²) in [7, 11) is 0. The van der Waals surface area contributed by atoms with E-state index in [1.54, 1.807) is 0 Å². The summed E-state index contributed by atoms with van der Waals surface area (Å²) >= 11 is 3.71. The zero-order valence-electron chi connectivity index (χ0n) is 18.7. The predicted molar refractivity (Wildman–Crippen MR) is 139 cm³/mol. The lowest BCUT2D eigenvalue weighted by Crippen LogP contribution is -3.00. The number of nitrogens with zero attached hydrogens (tertiary/aromatic N) is 3. The quantitative estimate of drug-likeness (QED) is 0.268. The molecule has 0 amide bonds. The second-order valence-corrected chi connectivity index (χ2v) is 9.41. The second kappa shape index (κ2) is 9.77. The maximum atomic E-state index is 3.71. The van der Waals surface area contributed by atoms with E-state index in [0.29, 0.717) is 0 Å². The molecule has 0 saturated carbocycles. The molecule has 2 heterocycles. The largest absolute Gasteiger partial charge is 1.00 e. The van der Waals surface area contributed by atoms with Gasteiger partial charge >= 0.3 is 0 Å². The van der Waals surface area contributed by atoms with Crippen LogP contribution in [0, 0.1) is 0 Å². The lowest BCUT2D eigenvalue weighted by Gasteiger charge is -2.06. The molecule has 6 aromatic rings. The summed E-state index contributed by atoms with van der Waals surface area (Å²) in [5, 5.41) is 2.68. The molecule has 2 aromatic heterocycles. The van der Waals surface area contributed by atoms with Crippen LogP contribution in [0.25, 0.3) is 32.8 Å². The van der Waals surface area contributed by atoms with Crippen LogP contribution in [0.5, 0.6) is 0 Å². The van der Waals surface area contributed by atoms with Gasteiger partial charge in [-0.25, -0.2) is 9.13 Å². The van der Waals surface area contributed by atoms with Crippen molar-refractivity contribution in [2.45, 2.75) is 26.1 Å². The van der Waals surface area contributed by atoms with Crippen LogP contribution >= 0.6 is 15.9 Å². The van der Waals surface area contributed by atoms with Crippen LogP contribution < -0.4 is 21.5 Å². The van der Waals surface area contributed by atoms with E-state index in [0.717, 1.165) is 30.5 Å². The van der Waals surface area contributed by atoms with Crippen molar-refractivity contribution in [3.63, 3.8) is 0 Å². The molecular weight excluding hydrogens is 550 g/mol. The Morgan fingerprint density at radius 1 is 0.647 bits per heavy atom. The Hall–Kier alpha value is -2.89. The monoisotopic (exact) mass is 573 g/mol. The van der Waals surface area contributed by atoms with Crippen LogP contribution in [-0.4, -0.2) is 9.13 Å². The third kappa shape index (κ3) is 4.08. The van der Waals surface area contributed by atoms with Gasteiger partial charge in [0.25, 0.3) is 0 Å². The van der Waals surface area contributed by atoms with Crippen molar-refractivity contribution in [3.8, 4) is 0 Å². The Balaban J connectivity index is 0.00000241. The predicted octanol–water partition coefficient (Wildman–Crippen LogP) is 3.94. The summed E-state index contributed by atoms with van der Waals surface area (Å²) in [5.41, 5.74) is 6.48. The Kier molecular flexibility index (Phi) is 6.57. The molecule has 0 N–H and O–H groups in total. The number of halogens is 2. The summed E-state index contributed by atoms with van der Waals surface area (Å²) < 4.78 is 8.39. The average Bonchev–Trinajstić information content (AvgIpc) is 3.37. The molecule has 0 aliphatic carbocycles. The standard InChI is InChI=1S/C29H25BrN3.BrH/c30-25-13-4-1-10-22(25)20-32-21-31(28-16-7-8-17-29(28)32)18-9-19-33-26-14-5-2-11-23(26)24-12-3-6-15-27(24)33;/h1-8,10-17,21H,9,18-20H2;1H/q+1;/p-1. The molecule has 3 nitrogen and oxygen atoms in total. The molecule has 0 atom stereocenters. The summed E-state index contributed by atoms with van der Waals surface area (Å²) in [6.07, 6.45) is 3.34. The van der Waals surface area contributed by atoms with Crippen LogP contribution in [0.2, 0.25) is 0 Å². The molecule has 0 radical (unpaired) electrons. The molecule has 0 saturated heterocycles. The molecule has 6 rings (SSSR count). The van der Waals surface area contributed by atoms with Crippen LogP contribution in [0.15, 0.2) is 108 Å². The van der Waals surface area contributed by atoms with Crippen molar-refractivity contribution in [1.82, 2.24) is 9.13 Å². The van der Waals surface area contributed by atoms with Crippen LogP contribution in [0.1, 0.15) is 12.0 Å². The van der Waals surface area contributed by atoms with E-state index in [1.165, 1.54) is 38.4 Å². The number of hydrogen-bond acceptors (Lipinski definition) is 0. The SMILES string of the molecule is Brc1ccccc1C[n+]1cn(CCCn2c3ccccc3c3ccccc32)c2ccccc21.[Br-]. The van der Waals surface area contributed by atoms with Crippen LogP contribution in [0.3, 0.4) is 0 Å². The van der Waals surface area contributed by atoms with Crippen LogP contribution in [0.4, 0.5) is 0 Å². The first-order chi connectivity index (χ1) is 16.3. The van der Waals surface area contributed by atoms with Gasteiger partial charge in [-0.2, -0.15) is 0 Å². The van der Waals surface area contributed by atoms with Gasteiger partial charge in [0.15, 0.2) is 11.0 Å². The average molecular weight is 575 g/mol.